The zero-order chi connectivity index (χ0) is 16.1. The van der Waals surface area contributed by atoms with E-state index in [4.69, 9.17) is 9.94 Å². The number of nitrogens with zero attached hydrogens (tertiary/aromatic N) is 1. The minimum Gasteiger partial charge on any atom is -0.481 e. The van der Waals surface area contributed by atoms with Crippen molar-refractivity contribution in [3.8, 4) is 0 Å². The number of fused-ring (bicyclic) bond motifs is 1. The summed E-state index contributed by atoms with van der Waals surface area (Å²) in [4.78, 5) is 15.6. The summed E-state index contributed by atoms with van der Waals surface area (Å²) in [5, 5.41) is 32.6. The quantitative estimate of drug-likeness (QED) is 0.445. The van der Waals surface area contributed by atoms with Crippen molar-refractivity contribution in [1.29, 1.82) is 0 Å². The lowest BCUT2D eigenvalue weighted by Gasteiger charge is -2.33. The standard InChI is InChI=1S/C16H27NO5/c1-2-11(18)6-5-10-8-12-13(16(10)21)9-14(12)17-22-7-3-4-15(19)20/h10-13,16,18,21H,2-9H2,1H3,(H,19,20). The Kier molecular flexibility index (Phi) is 6.20. The van der Waals surface area contributed by atoms with E-state index in [1.165, 1.54) is 0 Å². The second kappa shape index (κ2) is 7.92. The maximum absolute atomic E-state index is 10.4. The molecule has 0 aromatic carbocycles. The molecule has 6 heteroatoms. The Morgan fingerprint density at radius 1 is 1.50 bits per heavy atom. The minimum atomic E-state index is -0.823. The lowest BCUT2D eigenvalue weighted by molar-refractivity contribution is -0.137. The van der Waals surface area contributed by atoms with Crippen molar-refractivity contribution < 1.29 is 25.0 Å². The maximum atomic E-state index is 10.4. The number of carboxylic acids is 1. The van der Waals surface area contributed by atoms with Gasteiger partial charge < -0.3 is 20.2 Å². The molecule has 126 valence electrons. The Balaban J connectivity index is 1.71. The van der Waals surface area contributed by atoms with Crippen LogP contribution in [0, 0.1) is 17.8 Å². The van der Waals surface area contributed by atoms with E-state index in [-0.39, 0.29) is 30.5 Å². The third-order valence-corrected chi connectivity index (χ3v) is 5.02. The molecule has 0 heterocycles. The highest BCUT2D eigenvalue weighted by molar-refractivity contribution is 5.93. The van der Waals surface area contributed by atoms with Gasteiger partial charge in [0.1, 0.15) is 6.61 Å². The predicted octanol–water partition coefficient (Wildman–Crippen LogP) is 1.79. The van der Waals surface area contributed by atoms with Crippen LogP contribution in [0.25, 0.3) is 0 Å². The van der Waals surface area contributed by atoms with Gasteiger partial charge in [-0.15, -0.1) is 0 Å². The number of oxime groups is 1. The molecule has 3 N–H and O–H groups in total. The Morgan fingerprint density at radius 2 is 2.27 bits per heavy atom. The Labute approximate surface area is 131 Å². The molecular weight excluding hydrogens is 286 g/mol. The van der Waals surface area contributed by atoms with Gasteiger partial charge in [-0.2, -0.15) is 0 Å². The molecule has 0 spiro atoms. The molecule has 2 aliphatic rings. The molecule has 0 aromatic heterocycles. The monoisotopic (exact) mass is 313 g/mol. The van der Waals surface area contributed by atoms with Crippen LogP contribution < -0.4 is 0 Å². The van der Waals surface area contributed by atoms with E-state index in [1.54, 1.807) is 0 Å². The largest absolute Gasteiger partial charge is 0.481 e. The SMILES string of the molecule is CCC(O)CCC1CC2C(=NOCCCC(=O)O)CC2C1O. The zero-order valence-corrected chi connectivity index (χ0v) is 13.1. The average Bonchev–Trinajstić information content (AvgIpc) is 2.71. The van der Waals surface area contributed by atoms with Crippen molar-refractivity contribution in [2.75, 3.05) is 6.61 Å². The predicted molar refractivity (Wildman–Crippen MR) is 81.5 cm³/mol. The van der Waals surface area contributed by atoms with Crippen LogP contribution in [0.1, 0.15) is 51.9 Å². The molecule has 22 heavy (non-hydrogen) atoms. The van der Waals surface area contributed by atoms with Crippen LogP contribution in [-0.4, -0.2) is 45.8 Å². The third-order valence-electron chi connectivity index (χ3n) is 5.02. The summed E-state index contributed by atoms with van der Waals surface area (Å²) in [7, 11) is 0. The van der Waals surface area contributed by atoms with E-state index in [2.05, 4.69) is 5.16 Å². The number of carboxylic acid groups (broad SMARTS) is 1. The molecule has 2 saturated carbocycles. The van der Waals surface area contributed by atoms with Crippen molar-refractivity contribution in [2.45, 2.75) is 64.1 Å². The Bertz CT molecular complexity index is 411. The van der Waals surface area contributed by atoms with Crippen LogP contribution >= 0.6 is 0 Å². The molecule has 0 aliphatic heterocycles. The highest BCUT2D eigenvalue weighted by Gasteiger charge is 2.51. The normalized spacial score (nSPS) is 33.3. The second-order valence-electron chi connectivity index (χ2n) is 6.51. The molecule has 2 fully saturated rings. The van der Waals surface area contributed by atoms with Crippen molar-refractivity contribution in [2.24, 2.45) is 22.9 Å². The van der Waals surface area contributed by atoms with Gasteiger partial charge in [0.25, 0.3) is 0 Å². The second-order valence-corrected chi connectivity index (χ2v) is 6.51. The van der Waals surface area contributed by atoms with E-state index >= 15 is 0 Å². The average molecular weight is 313 g/mol. The number of aliphatic carboxylic acids is 1. The van der Waals surface area contributed by atoms with Crippen LogP contribution in [0.3, 0.4) is 0 Å². The molecule has 0 radical (unpaired) electrons. The van der Waals surface area contributed by atoms with Crippen molar-refractivity contribution in [3.05, 3.63) is 0 Å². The van der Waals surface area contributed by atoms with Gasteiger partial charge in [0.15, 0.2) is 0 Å². The Morgan fingerprint density at radius 3 is 2.95 bits per heavy atom. The van der Waals surface area contributed by atoms with Crippen molar-refractivity contribution in [1.82, 2.24) is 0 Å². The summed E-state index contributed by atoms with van der Waals surface area (Å²) >= 11 is 0. The van der Waals surface area contributed by atoms with E-state index in [0.717, 1.165) is 37.8 Å². The molecule has 2 rings (SSSR count). The van der Waals surface area contributed by atoms with E-state index in [9.17, 15) is 15.0 Å². The number of aliphatic hydroxyl groups excluding tert-OH is 2. The molecule has 5 atom stereocenters. The number of hydrogen-bond donors (Lipinski definition) is 3. The van der Waals surface area contributed by atoms with Gasteiger partial charge in [-0.3, -0.25) is 4.79 Å². The van der Waals surface area contributed by atoms with Crippen LogP contribution in [0.4, 0.5) is 0 Å². The molecule has 0 amide bonds. The smallest absolute Gasteiger partial charge is 0.303 e. The molecule has 0 aromatic rings. The van der Waals surface area contributed by atoms with Crippen LogP contribution in [0.15, 0.2) is 5.16 Å². The van der Waals surface area contributed by atoms with Crippen LogP contribution in [-0.2, 0) is 9.63 Å². The van der Waals surface area contributed by atoms with Gasteiger partial charge >= 0.3 is 5.97 Å². The number of hydrogen-bond acceptors (Lipinski definition) is 5. The first-order chi connectivity index (χ1) is 10.5. The van der Waals surface area contributed by atoms with Crippen LogP contribution in [0.5, 0.6) is 0 Å². The number of carbonyl (C=O) groups is 1. The summed E-state index contributed by atoms with van der Waals surface area (Å²) in [5.41, 5.74) is 0.998. The molecule has 6 nitrogen and oxygen atoms in total. The Hall–Kier alpha value is -1.14. The fourth-order valence-electron chi connectivity index (χ4n) is 3.53. The lowest BCUT2D eigenvalue weighted by Crippen LogP contribution is -2.38. The van der Waals surface area contributed by atoms with Gasteiger partial charge in [0.05, 0.1) is 17.9 Å². The van der Waals surface area contributed by atoms with E-state index in [0.29, 0.717) is 18.9 Å². The van der Waals surface area contributed by atoms with Crippen molar-refractivity contribution >= 4 is 11.7 Å². The van der Waals surface area contributed by atoms with Crippen molar-refractivity contribution in [3.63, 3.8) is 0 Å². The first-order valence-electron chi connectivity index (χ1n) is 8.29. The van der Waals surface area contributed by atoms with Gasteiger partial charge in [0.2, 0.25) is 0 Å². The molecular formula is C16H27NO5. The molecule has 0 saturated heterocycles. The van der Waals surface area contributed by atoms with Gasteiger partial charge in [-0.05, 0) is 50.4 Å². The maximum Gasteiger partial charge on any atom is 0.303 e. The highest BCUT2D eigenvalue weighted by atomic mass is 16.6. The molecule has 0 bridgehead atoms. The summed E-state index contributed by atoms with van der Waals surface area (Å²) < 4.78 is 0. The molecule has 2 aliphatic carbocycles. The number of rotatable bonds is 9. The summed E-state index contributed by atoms with van der Waals surface area (Å²) in [5.74, 6) is 0.00952. The van der Waals surface area contributed by atoms with E-state index < -0.39 is 5.97 Å². The first kappa shape index (κ1) is 17.2. The minimum absolute atomic E-state index is 0.0947. The first-order valence-corrected chi connectivity index (χ1v) is 8.29. The fourth-order valence-corrected chi connectivity index (χ4v) is 3.53. The fraction of sp³-hybridized carbons (Fsp3) is 0.875. The zero-order valence-electron chi connectivity index (χ0n) is 13.1. The molecule has 5 unspecified atom stereocenters. The topological polar surface area (TPSA) is 99.4 Å². The van der Waals surface area contributed by atoms with Gasteiger partial charge in [0, 0.05) is 12.3 Å². The lowest BCUT2D eigenvalue weighted by atomic mass is 9.73. The summed E-state index contributed by atoms with van der Waals surface area (Å²) in [6, 6.07) is 0. The van der Waals surface area contributed by atoms with Gasteiger partial charge in [-0.1, -0.05) is 12.1 Å². The number of aliphatic hydroxyl groups is 2. The van der Waals surface area contributed by atoms with Crippen LogP contribution in [0.2, 0.25) is 0 Å². The third kappa shape index (κ3) is 4.20. The van der Waals surface area contributed by atoms with E-state index in [1.807, 2.05) is 6.92 Å². The summed E-state index contributed by atoms with van der Waals surface area (Å²) in [6.45, 7) is 2.29. The van der Waals surface area contributed by atoms with Gasteiger partial charge in [-0.25, -0.2) is 0 Å². The summed E-state index contributed by atoms with van der Waals surface area (Å²) in [6.07, 6.45) is 4.05. The highest BCUT2D eigenvalue weighted by Crippen LogP contribution is 2.49.